The molecule has 2 aliphatic rings. The number of carbonyl (C=O) groups is 2. The van der Waals surface area contributed by atoms with Crippen LogP contribution in [-0.2, 0) is 27.3 Å². The Labute approximate surface area is 184 Å². The molecule has 2 fully saturated rings. The van der Waals surface area contributed by atoms with E-state index >= 15 is 0 Å². The fourth-order valence-electron chi connectivity index (χ4n) is 4.43. The van der Waals surface area contributed by atoms with E-state index in [0.29, 0.717) is 26.1 Å². The van der Waals surface area contributed by atoms with Gasteiger partial charge in [0, 0.05) is 32.7 Å². The minimum Gasteiger partial charge on any atom is -0.374 e. The van der Waals surface area contributed by atoms with E-state index in [1.54, 1.807) is 4.90 Å². The zero-order valence-corrected chi connectivity index (χ0v) is 17.9. The molecule has 2 amide bonds. The molecule has 6 nitrogen and oxygen atoms in total. The van der Waals surface area contributed by atoms with Gasteiger partial charge in [0.2, 0.25) is 11.8 Å². The zero-order valence-electron chi connectivity index (χ0n) is 17.9. The van der Waals surface area contributed by atoms with E-state index in [4.69, 9.17) is 4.74 Å². The highest BCUT2D eigenvalue weighted by Crippen LogP contribution is 2.19. The molecule has 2 aliphatic heterocycles. The second-order valence-corrected chi connectivity index (χ2v) is 8.37. The topological polar surface area (TPSA) is 61.9 Å². The molecule has 2 heterocycles. The average molecular weight is 422 g/mol. The summed E-state index contributed by atoms with van der Waals surface area (Å²) in [6.45, 7) is 4.35. The lowest BCUT2D eigenvalue weighted by atomic mass is 10.1. The van der Waals surface area contributed by atoms with Gasteiger partial charge in [-0.15, -0.1) is 0 Å². The molecule has 2 aromatic rings. The fourth-order valence-corrected chi connectivity index (χ4v) is 4.43. The van der Waals surface area contributed by atoms with Crippen molar-refractivity contribution >= 4 is 11.8 Å². The number of nitrogens with zero attached hydrogens (tertiary/aromatic N) is 2. The molecule has 4 rings (SSSR count). The first kappa shape index (κ1) is 21.5. The van der Waals surface area contributed by atoms with Crippen molar-refractivity contribution in [1.82, 2.24) is 15.1 Å². The lowest BCUT2D eigenvalue weighted by molar-refractivity contribution is -0.138. The Morgan fingerprint density at radius 2 is 1.68 bits per heavy atom. The van der Waals surface area contributed by atoms with Crippen molar-refractivity contribution in [3.05, 3.63) is 71.8 Å². The number of carbonyl (C=O) groups excluding carboxylic acids is 2. The number of likely N-dealkylation sites (tertiary alicyclic amines) is 1. The summed E-state index contributed by atoms with van der Waals surface area (Å²) in [6.07, 6.45) is 1.89. The first-order chi connectivity index (χ1) is 15.2. The molecule has 0 unspecified atom stereocenters. The predicted octanol–water partition coefficient (Wildman–Crippen LogP) is 2.24. The van der Waals surface area contributed by atoms with Crippen LogP contribution in [0.4, 0.5) is 0 Å². The summed E-state index contributed by atoms with van der Waals surface area (Å²) in [5, 5.41) is 3.04. The third-order valence-electron chi connectivity index (χ3n) is 6.05. The highest BCUT2D eigenvalue weighted by molar-refractivity contribution is 5.89. The number of nitrogens with one attached hydrogen (secondary N) is 1. The van der Waals surface area contributed by atoms with E-state index in [-0.39, 0.29) is 24.0 Å². The van der Waals surface area contributed by atoms with E-state index in [1.807, 2.05) is 36.4 Å². The van der Waals surface area contributed by atoms with Crippen molar-refractivity contribution in [1.29, 1.82) is 0 Å². The van der Waals surface area contributed by atoms with Gasteiger partial charge in [-0.05, 0) is 24.0 Å². The van der Waals surface area contributed by atoms with Crippen molar-refractivity contribution in [2.24, 2.45) is 0 Å². The van der Waals surface area contributed by atoms with Crippen molar-refractivity contribution in [3.8, 4) is 0 Å². The lowest BCUT2D eigenvalue weighted by Crippen LogP contribution is -2.51. The van der Waals surface area contributed by atoms with Crippen LogP contribution < -0.4 is 5.32 Å². The van der Waals surface area contributed by atoms with Crippen LogP contribution in [0.15, 0.2) is 60.7 Å². The van der Waals surface area contributed by atoms with E-state index in [2.05, 4.69) is 34.5 Å². The van der Waals surface area contributed by atoms with Gasteiger partial charge in [-0.1, -0.05) is 60.7 Å². The first-order valence-electron chi connectivity index (χ1n) is 11.2. The maximum absolute atomic E-state index is 12.9. The van der Waals surface area contributed by atoms with Crippen LogP contribution in [0.5, 0.6) is 0 Å². The number of ether oxygens (including phenoxy) is 1. The maximum Gasteiger partial charge on any atom is 0.242 e. The van der Waals surface area contributed by atoms with Gasteiger partial charge in [0.1, 0.15) is 6.04 Å². The largest absolute Gasteiger partial charge is 0.374 e. The van der Waals surface area contributed by atoms with Crippen LogP contribution in [-0.4, -0.2) is 66.5 Å². The Hall–Kier alpha value is -2.70. The van der Waals surface area contributed by atoms with Gasteiger partial charge in [0.25, 0.3) is 0 Å². The SMILES string of the molecule is O=C(NC[C@@H]1CN(Cc2ccccc2)CCO1)[C@@H]1CCCN1C(=O)Cc1ccccc1. The van der Waals surface area contributed by atoms with Crippen LogP contribution in [0.2, 0.25) is 0 Å². The molecule has 2 aromatic carbocycles. The Bertz CT molecular complexity index is 859. The quantitative estimate of drug-likeness (QED) is 0.745. The van der Waals surface area contributed by atoms with Crippen LogP contribution in [0.1, 0.15) is 24.0 Å². The minimum atomic E-state index is -0.375. The van der Waals surface area contributed by atoms with Crippen molar-refractivity contribution in [3.63, 3.8) is 0 Å². The van der Waals surface area contributed by atoms with Crippen LogP contribution in [0, 0.1) is 0 Å². The van der Waals surface area contributed by atoms with E-state index in [0.717, 1.165) is 38.0 Å². The molecular formula is C25H31N3O3. The Morgan fingerprint density at radius 1 is 0.968 bits per heavy atom. The third kappa shape index (κ3) is 5.93. The summed E-state index contributed by atoms with van der Waals surface area (Å²) in [5.74, 6) is -0.0468. The summed E-state index contributed by atoms with van der Waals surface area (Å²) >= 11 is 0. The standard InChI is InChI=1S/C25H31N3O3/c29-24(16-20-8-3-1-4-9-20)28-13-7-12-23(28)25(30)26-17-22-19-27(14-15-31-22)18-21-10-5-2-6-11-21/h1-6,8-11,22-23H,7,12-19H2,(H,26,30)/t22-,23+/m1/s1. The Balaban J connectivity index is 1.26. The molecule has 31 heavy (non-hydrogen) atoms. The van der Waals surface area contributed by atoms with Crippen molar-refractivity contribution in [2.45, 2.75) is 38.0 Å². The molecule has 0 bridgehead atoms. The van der Waals surface area contributed by atoms with Crippen molar-refractivity contribution in [2.75, 3.05) is 32.8 Å². The normalized spacial score (nSPS) is 21.7. The van der Waals surface area contributed by atoms with Gasteiger partial charge in [0.15, 0.2) is 0 Å². The Morgan fingerprint density at radius 3 is 2.42 bits per heavy atom. The van der Waals surface area contributed by atoms with Gasteiger partial charge >= 0.3 is 0 Å². The molecule has 2 atom stereocenters. The van der Waals surface area contributed by atoms with Gasteiger partial charge in [-0.25, -0.2) is 0 Å². The highest BCUT2D eigenvalue weighted by atomic mass is 16.5. The number of morpholine rings is 1. The second kappa shape index (κ2) is 10.6. The summed E-state index contributed by atoms with van der Waals surface area (Å²) in [5.41, 5.74) is 2.26. The van der Waals surface area contributed by atoms with Crippen LogP contribution >= 0.6 is 0 Å². The van der Waals surface area contributed by atoms with E-state index < -0.39 is 0 Å². The first-order valence-corrected chi connectivity index (χ1v) is 11.2. The van der Waals surface area contributed by atoms with E-state index in [1.165, 1.54) is 5.56 Å². The summed E-state index contributed by atoms with van der Waals surface area (Å²) in [4.78, 5) is 29.7. The minimum absolute atomic E-state index is 0.0202. The van der Waals surface area contributed by atoms with Crippen LogP contribution in [0.3, 0.4) is 0 Å². The molecule has 6 heteroatoms. The number of rotatable bonds is 7. The third-order valence-corrected chi connectivity index (χ3v) is 6.05. The molecule has 2 saturated heterocycles. The zero-order chi connectivity index (χ0) is 21.5. The smallest absolute Gasteiger partial charge is 0.242 e. The molecule has 0 spiro atoms. The number of amides is 2. The highest BCUT2D eigenvalue weighted by Gasteiger charge is 2.34. The van der Waals surface area contributed by atoms with Crippen molar-refractivity contribution < 1.29 is 14.3 Å². The molecule has 164 valence electrons. The molecule has 0 radical (unpaired) electrons. The summed E-state index contributed by atoms with van der Waals surface area (Å²) in [7, 11) is 0. The van der Waals surface area contributed by atoms with E-state index in [9.17, 15) is 9.59 Å². The molecule has 1 N–H and O–H groups in total. The summed E-state index contributed by atoms with van der Waals surface area (Å²) < 4.78 is 5.88. The molecule has 0 saturated carbocycles. The number of benzene rings is 2. The second-order valence-electron chi connectivity index (χ2n) is 8.37. The van der Waals surface area contributed by atoms with Gasteiger partial charge in [0.05, 0.1) is 19.1 Å². The average Bonchev–Trinajstić information content (AvgIpc) is 3.29. The number of hydrogen-bond acceptors (Lipinski definition) is 4. The fraction of sp³-hybridized carbons (Fsp3) is 0.440. The molecular weight excluding hydrogens is 390 g/mol. The number of hydrogen-bond donors (Lipinski definition) is 1. The summed E-state index contributed by atoms with van der Waals surface area (Å²) in [6, 6.07) is 19.7. The van der Waals surface area contributed by atoms with Gasteiger partial charge in [-0.2, -0.15) is 0 Å². The maximum atomic E-state index is 12.9. The Kier molecular flexibility index (Phi) is 7.33. The monoisotopic (exact) mass is 421 g/mol. The lowest BCUT2D eigenvalue weighted by Gasteiger charge is -2.33. The molecule has 0 aliphatic carbocycles. The van der Waals surface area contributed by atoms with Gasteiger partial charge < -0.3 is 15.0 Å². The van der Waals surface area contributed by atoms with Crippen LogP contribution in [0.25, 0.3) is 0 Å². The predicted molar refractivity (Wildman–Crippen MR) is 119 cm³/mol. The molecule has 0 aromatic heterocycles. The van der Waals surface area contributed by atoms with Gasteiger partial charge in [-0.3, -0.25) is 14.5 Å².